The maximum atomic E-state index is 12.9. The number of amides is 1. The smallest absolute Gasteiger partial charge is 0.417 e. The lowest BCUT2D eigenvalue weighted by Gasteiger charge is -2.25. The molecule has 3 aromatic heterocycles. The number of rotatable bonds is 6. The molecule has 11 heteroatoms. The van der Waals surface area contributed by atoms with Crippen LogP contribution in [0.4, 0.5) is 13.2 Å². The highest BCUT2D eigenvalue weighted by molar-refractivity contribution is 6.31. The van der Waals surface area contributed by atoms with Crippen LogP contribution in [0.2, 0.25) is 5.02 Å². The van der Waals surface area contributed by atoms with Gasteiger partial charge in [-0.15, -0.1) is 0 Å². The fourth-order valence-electron chi connectivity index (χ4n) is 4.28. The van der Waals surface area contributed by atoms with Crippen molar-refractivity contribution in [3.8, 4) is 17.4 Å². The zero-order valence-corrected chi connectivity index (χ0v) is 21.3. The molecule has 1 aromatic carbocycles. The van der Waals surface area contributed by atoms with Gasteiger partial charge in [0.2, 0.25) is 5.88 Å². The average molecular weight is 554 g/mol. The van der Waals surface area contributed by atoms with E-state index in [1.54, 1.807) is 59.7 Å². The molecular formula is C28H23ClF3N5O2. The van der Waals surface area contributed by atoms with Crippen molar-refractivity contribution in [2.75, 3.05) is 0 Å². The highest BCUT2D eigenvalue weighted by atomic mass is 35.5. The number of alkyl halides is 3. The molecule has 0 radical (unpaired) electrons. The Kier molecular flexibility index (Phi) is 7.65. The van der Waals surface area contributed by atoms with E-state index in [4.69, 9.17) is 16.3 Å². The zero-order chi connectivity index (χ0) is 27.4. The van der Waals surface area contributed by atoms with Gasteiger partial charge in [0.15, 0.2) is 5.82 Å². The number of halogens is 4. The lowest BCUT2D eigenvalue weighted by Crippen LogP contribution is -2.36. The number of hydrogen-bond donors (Lipinski definition) is 1. The minimum Gasteiger partial charge on any atom is -0.438 e. The van der Waals surface area contributed by atoms with E-state index in [0.29, 0.717) is 23.3 Å². The van der Waals surface area contributed by atoms with Crippen molar-refractivity contribution in [1.29, 1.82) is 0 Å². The first-order valence-corrected chi connectivity index (χ1v) is 12.6. The SMILES string of the molecule is O=C(NC1CCC(=Cc2cccc(Oc3ncc(C(F)(F)F)cc3Cl)c2)CC1)c1ccc(-n2cccn2)nc1. The van der Waals surface area contributed by atoms with Gasteiger partial charge in [-0.3, -0.25) is 4.79 Å². The average Bonchev–Trinajstić information content (AvgIpc) is 3.46. The summed E-state index contributed by atoms with van der Waals surface area (Å²) in [4.78, 5) is 20.7. The van der Waals surface area contributed by atoms with Crippen LogP contribution in [-0.4, -0.2) is 31.7 Å². The number of benzene rings is 1. The third-order valence-corrected chi connectivity index (χ3v) is 6.56. The van der Waals surface area contributed by atoms with Crippen molar-refractivity contribution < 1.29 is 22.7 Å². The van der Waals surface area contributed by atoms with Crippen LogP contribution >= 0.6 is 11.6 Å². The number of carbonyl (C=O) groups is 1. The van der Waals surface area contributed by atoms with Crippen LogP contribution in [0, 0.1) is 0 Å². The van der Waals surface area contributed by atoms with Gasteiger partial charge in [0.05, 0.1) is 11.1 Å². The number of ether oxygens (including phenoxy) is 1. The molecule has 0 spiro atoms. The predicted octanol–water partition coefficient (Wildman–Crippen LogP) is 6.88. The second-order valence-corrected chi connectivity index (χ2v) is 9.50. The van der Waals surface area contributed by atoms with E-state index in [-0.39, 0.29) is 22.9 Å². The molecule has 0 atom stereocenters. The normalized spacial score (nSPS) is 15.6. The molecule has 5 rings (SSSR count). The first kappa shape index (κ1) is 26.4. The molecule has 200 valence electrons. The maximum Gasteiger partial charge on any atom is 0.417 e. The van der Waals surface area contributed by atoms with Crippen molar-refractivity contribution in [2.45, 2.75) is 37.9 Å². The monoisotopic (exact) mass is 553 g/mol. The molecular weight excluding hydrogens is 531 g/mol. The van der Waals surface area contributed by atoms with E-state index in [9.17, 15) is 18.0 Å². The Hall–Kier alpha value is -4.18. The lowest BCUT2D eigenvalue weighted by atomic mass is 9.89. The summed E-state index contributed by atoms with van der Waals surface area (Å²) in [6, 6.07) is 13.3. The largest absolute Gasteiger partial charge is 0.438 e. The first-order valence-electron chi connectivity index (χ1n) is 12.2. The van der Waals surface area contributed by atoms with Gasteiger partial charge in [0.25, 0.3) is 5.91 Å². The van der Waals surface area contributed by atoms with Crippen molar-refractivity contribution in [3.05, 3.63) is 101 Å². The van der Waals surface area contributed by atoms with Crippen molar-refractivity contribution >= 4 is 23.6 Å². The molecule has 7 nitrogen and oxygen atoms in total. The van der Waals surface area contributed by atoms with Gasteiger partial charge in [-0.1, -0.05) is 35.4 Å². The Morgan fingerprint density at radius 2 is 1.90 bits per heavy atom. The molecule has 0 bridgehead atoms. The Morgan fingerprint density at radius 1 is 1.08 bits per heavy atom. The Balaban J connectivity index is 1.16. The molecule has 1 aliphatic rings. The number of nitrogens with one attached hydrogen (secondary N) is 1. The summed E-state index contributed by atoms with van der Waals surface area (Å²) in [5, 5.41) is 6.99. The Labute approximate surface area is 227 Å². The van der Waals surface area contributed by atoms with Crippen LogP contribution in [0.25, 0.3) is 11.9 Å². The summed E-state index contributed by atoms with van der Waals surface area (Å²) in [7, 11) is 0. The molecule has 4 aromatic rings. The van der Waals surface area contributed by atoms with Gasteiger partial charge < -0.3 is 10.1 Å². The maximum absolute atomic E-state index is 12.9. The third-order valence-electron chi connectivity index (χ3n) is 6.29. The van der Waals surface area contributed by atoms with Crippen molar-refractivity contribution in [3.63, 3.8) is 0 Å². The summed E-state index contributed by atoms with van der Waals surface area (Å²) >= 11 is 5.96. The first-order chi connectivity index (χ1) is 18.7. The van der Waals surface area contributed by atoms with E-state index in [0.717, 1.165) is 37.3 Å². The molecule has 1 N–H and O–H groups in total. The summed E-state index contributed by atoms with van der Waals surface area (Å²) < 4.78 is 45.8. The van der Waals surface area contributed by atoms with Gasteiger partial charge in [0.1, 0.15) is 10.8 Å². The number of carbonyl (C=O) groups excluding carboxylic acids is 1. The number of allylic oxidation sites excluding steroid dienone is 1. The molecule has 1 amide bonds. The Morgan fingerprint density at radius 3 is 2.56 bits per heavy atom. The number of aromatic nitrogens is 4. The van der Waals surface area contributed by atoms with Gasteiger partial charge in [-0.25, -0.2) is 14.6 Å². The predicted molar refractivity (Wildman–Crippen MR) is 140 cm³/mol. The molecule has 0 unspecified atom stereocenters. The number of hydrogen-bond acceptors (Lipinski definition) is 5. The van der Waals surface area contributed by atoms with E-state index in [2.05, 4.69) is 26.5 Å². The fraction of sp³-hybridized carbons (Fsp3) is 0.214. The number of nitrogens with zero attached hydrogens (tertiary/aromatic N) is 4. The molecule has 1 saturated carbocycles. The molecule has 39 heavy (non-hydrogen) atoms. The molecule has 0 saturated heterocycles. The summed E-state index contributed by atoms with van der Waals surface area (Å²) in [5.74, 6) is 0.785. The highest BCUT2D eigenvalue weighted by Crippen LogP contribution is 2.35. The minimum absolute atomic E-state index is 0.0583. The Bertz CT molecular complexity index is 1480. The minimum atomic E-state index is -4.53. The highest BCUT2D eigenvalue weighted by Gasteiger charge is 2.31. The summed E-state index contributed by atoms with van der Waals surface area (Å²) in [6.45, 7) is 0. The third kappa shape index (κ3) is 6.64. The van der Waals surface area contributed by atoms with E-state index in [1.807, 2.05) is 6.07 Å². The molecule has 3 heterocycles. The van der Waals surface area contributed by atoms with Crippen LogP contribution in [0.15, 0.2) is 78.9 Å². The van der Waals surface area contributed by atoms with Crippen LogP contribution in [0.5, 0.6) is 11.6 Å². The van der Waals surface area contributed by atoms with Crippen LogP contribution in [-0.2, 0) is 6.18 Å². The second kappa shape index (κ2) is 11.3. The van der Waals surface area contributed by atoms with Gasteiger partial charge in [-0.2, -0.15) is 18.3 Å². The summed E-state index contributed by atoms with van der Waals surface area (Å²) in [5.41, 5.74) is 1.67. The van der Waals surface area contributed by atoms with Gasteiger partial charge in [0, 0.05) is 30.8 Å². The lowest BCUT2D eigenvalue weighted by molar-refractivity contribution is -0.137. The standard InChI is InChI=1S/C28H23ClF3N5O2/c29-24-15-21(28(30,31)32)17-34-27(24)39-23-4-1-3-19(14-23)13-18-5-8-22(9-6-18)36-26(38)20-7-10-25(33-16-20)37-12-2-11-35-37/h1-4,7,10-17,22H,5-6,8-9H2,(H,36,38). The van der Waals surface area contributed by atoms with Crippen molar-refractivity contribution in [2.24, 2.45) is 0 Å². The van der Waals surface area contributed by atoms with E-state index < -0.39 is 11.7 Å². The molecule has 1 fully saturated rings. The molecule has 1 aliphatic carbocycles. The van der Waals surface area contributed by atoms with Crippen LogP contribution in [0.3, 0.4) is 0 Å². The molecule has 0 aliphatic heterocycles. The second-order valence-electron chi connectivity index (χ2n) is 9.09. The van der Waals surface area contributed by atoms with Crippen LogP contribution in [0.1, 0.15) is 47.2 Å². The van der Waals surface area contributed by atoms with Gasteiger partial charge in [-0.05, 0) is 67.6 Å². The number of pyridine rings is 2. The fourth-order valence-corrected chi connectivity index (χ4v) is 4.48. The van der Waals surface area contributed by atoms with Gasteiger partial charge >= 0.3 is 6.18 Å². The van der Waals surface area contributed by atoms with Crippen LogP contribution < -0.4 is 10.1 Å². The van der Waals surface area contributed by atoms with E-state index in [1.165, 1.54) is 5.57 Å². The topological polar surface area (TPSA) is 81.9 Å². The van der Waals surface area contributed by atoms with Crippen molar-refractivity contribution in [1.82, 2.24) is 25.1 Å². The summed E-state index contributed by atoms with van der Waals surface area (Å²) in [6.07, 6.45) is 6.45. The van der Waals surface area contributed by atoms with E-state index >= 15 is 0 Å². The quantitative estimate of drug-likeness (QED) is 0.281. The zero-order valence-electron chi connectivity index (χ0n) is 20.5.